The zero-order valence-corrected chi connectivity index (χ0v) is 22.7. The first-order chi connectivity index (χ1) is 18.3. The number of carboxylic acids is 2. The maximum Gasteiger partial charge on any atom is 0.326 e. The van der Waals surface area contributed by atoms with Crippen molar-refractivity contribution >= 4 is 40.6 Å². The van der Waals surface area contributed by atoms with Crippen molar-refractivity contribution in [3.63, 3.8) is 0 Å². The van der Waals surface area contributed by atoms with Crippen LogP contribution in [0.3, 0.4) is 0 Å². The molecule has 0 saturated carbocycles. The van der Waals surface area contributed by atoms with E-state index >= 15 is 0 Å². The SMILES string of the molecule is CC(C)CC(NC(=O)C(CC(C)C)NC(=O)C(Cc1c[nH]c2ccccc12)NC(=O)C(N)CC(=O)O)C(=O)O. The van der Waals surface area contributed by atoms with E-state index in [-0.39, 0.29) is 31.1 Å². The minimum absolute atomic E-state index is 0.00955. The molecule has 2 rings (SSSR count). The molecule has 4 atom stereocenters. The maximum atomic E-state index is 13.5. The summed E-state index contributed by atoms with van der Waals surface area (Å²) >= 11 is 0. The van der Waals surface area contributed by atoms with Crippen molar-refractivity contribution in [2.24, 2.45) is 17.6 Å². The van der Waals surface area contributed by atoms with E-state index in [1.807, 2.05) is 52.0 Å². The van der Waals surface area contributed by atoms with Crippen molar-refractivity contribution < 1.29 is 34.2 Å². The van der Waals surface area contributed by atoms with Crippen LogP contribution in [0, 0.1) is 11.8 Å². The molecule has 214 valence electrons. The minimum Gasteiger partial charge on any atom is -0.481 e. The molecule has 8 N–H and O–H groups in total. The Balaban J connectivity index is 2.31. The van der Waals surface area contributed by atoms with Gasteiger partial charge < -0.3 is 36.9 Å². The fourth-order valence-corrected chi connectivity index (χ4v) is 4.23. The van der Waals surface area contributed by atoms with Crippen molar-refractivity contribution in [2.45, 2.75) is 77.5 Å². The molecule has 0 aliphatic heterocycles. The summed E-state index contributed by atoms with van der Waals surface area (Å²) in [6.45, 7) is 7.38. The first kappa shape index (κ1) is 31.3. The summed E-state index contributed by atoms with van der Waals surface area (Å²) in [7, 11) is 0. The van der Waals surface area contributed by atoms with Crippen LogP contribution >= 0.6 is 0 Å². The van der Waals surface area contributed by atoms with Gasteiger partial charge in [-0.2, -0.15) is 0 Å². The molecule has 0 aliphatic rings. The topological polar surface area (TPSA) is 204 Å². The van der Waals surface area contributed by atoms with Gasteiger partial charge in [-0.3, -0.25) is 19.2 Å². The van der Waals surface area contributed by atoms with Crippen LogP contribution in [0.5, 0.6) is 0 Å². The van der Waals surface area contributed by atoms with Crippen molar-refractivity contribution in [2.75, 3.05) is 0 Å². The lowest BCUT2D eigenvalue weighted by atomic mass is 9.99. The molecule has 0 fully saturated rings. The number of benzene rings is 1. The Labute approximate surface area is 227 Å². The fourth-order valence-electron chi connectivity index (χ4n) is 4.23. The highest BCUT2D eigenvalue weighted by atomic mass is 16.4. The van der Waals surface area contributed by atoms with Gasteiger partial charge in [0.05, 0.1) is 12.5 Å². The van der Waals surface area contributed by atoms with E-state index in [2.05, 4.69) is 20.9 Å². The van der Waals surface area contributed by atoms with Gasteiger partial charge in [-0.1, -0.05) is 45.9 Å². The second-order valence-corrected chi connectivity index (χ2v) is 10.5. The first-order valence-corrected chi connectivity index (χ1v) is 12.9. The smallest absolute Gasteiger partial charge is 0.326 e. The van der Waals surface area contributed by atoms with Crippen LogP contribution in [0.4, 0.5) is 0 Å². The number of carbonyl (C=O) groups is 5. The maximum absolute atomic E-state index is 13.5. The van der Waals surface area contributed by atoms with Crippen LogP contribution in [0.1, 0.15) is 52.5 Å². The number of nitrogens with two attached hydrogens (primary N) is 1. The van der Waals surface area contributed by atoms with Crippen LogP contribution in [-0.2, 0) is 30.4 Å². The van der Waals surface area contributed by atoms with Gasteiger partial charge in [0.25, 0.3) is 0 Å². The second kappa shape index (κ2) is 14.3. The third kappa shape index (κ3) is 9.71. The number of carboxylic acid groups (broad SMARTS) is 2. The van der Waals surface area contributed by atoms with E-state index in [0.29, 0.717) is 5.56 Å². The quantitative estimate of drug-likeness (QED) is 0.172. The zero-order chi connectivity index (χ0) is 29.3. The lowest BCUT2D eigenvalue weighted by Crippen LogP contribution is -2.58. The average molecular weight is 546 g/mol. The molecular formula is C27H39N5O7. The van der Waals surface area contributed by atoms with E-state index in [4.69, 9.17) is 10.8 Å². The highest BCUT2D eigenvalue weighted by Gasteiger charge is 2.31. The Bertz CT molecular complexity index is 1180. The average Bonchev–Trinajstić information content (AvgIpc) is 3.24. The van der Waals surface area contributed by atoms with Gasteiger partial charge in [-0.05, 0) is 36.3 Å². The summed E-state index contributed by atoms with van der Waals surface area (Å²) in [4.78, 5) is 65.1. The molecule has 1 heterocycles. The van der Waals surface area contributed by atoms with Crippen molar-refractivity contribution in [1.29, 1.82) is 0 Å². The number of rotatable bonds is 15. The zero-order valence-electron chi connectivity index (χ0n) is 22.7. The molecule has 0 radical (unpaired) electrons. The predicted octanol–water partition coefficient (Wildman–Crippen LogP) is 1.14. The van der Waals surface area contributed by atoms with Gasteiger partial charge in [-0.25, -0.2) is 4.79 Å². The Hall–Kier alpha value is -3.93. The summed E-state index contributed by atoms with van der Waals surface area (Å²) < 4.78 is 0. The summed E-state index contributed by atoms with van der Waals surface area (Å²) in [6, 6.07) is 2.61. The van der Waals surface area contributed by atoms with Gasteiger partial charge in [0, 0.05) is 23.5 Å². The molecule has 1 aromatic carbocycles. The summed E-state index contributed by atoms with van der Waals surface area (Å²) in [5.74, 6) is -4.63. The monoisotopic (exact) mass is 545 g/mol. The minimum atomic E-state index is -1.39. The van der Waals surface area contributed by atoms with Crippen LogP contribution < -0.4 is 21.7 Å². The van der Waals surface area contributed by atoms with Gasteiger partial charge in [0.1, 0.15) is 18.1 Å². The molecule has 39 heavy (non-hydrogen) atoms. The molecule has 0 bridgehead atoms. The lowest BCUT2D eigenvalue weighted by Gasteiger charge is -2.26. The highest BCUT2D eigenvalue weighted by Crippen LogP contribution is 2.19. The van der Waals surface area contributed by atoms with Gasteiger partial charge in [0.15, 0.2) is 0 Å². The van der Waals surface area contributed by atoms with Crippen LogP contribution in [0.2, 0.25) is 0 Å². The van der Waals surface area contributed by atoms with E-state index < -0.39 is 60.2 Å². The van der Waals surface area contributed by atoms with E-state index in [9.17, 15) is 29.1 Å². The number of H-pyrrole nitrogens is 1. The number of amides is 3. The summed E-state index contributed by atoms with van der Waals surface area (Å²) in [6.07, 6.45) is 1.54. The Morgan fingerprint density at radius 1 is 0.821 bits per heavy atom. The van der Waals surface area contributed by atoms with Crippen LogP contribution in [-0.4, -0.2) is 69.0 Å². The molecule has 2 aromatic rings. The van der Waals surface area contributed by atoms with Gasteiger partial charge >= 0.3 is 11.9 Å². The molecule has 12 nitrogen and oxygen atoms in total. The number of para-hydroxylation sites is 1. The highest BCUT2D eigenvalue weighted by molar-refractivity contribution is 5.95. The molecule has 0 aliphatic carbocycles. The summed E-state index contributed by atoms with van der Waals surface area (Å²) in [5, 5.41) is 27.1. The molecule has 4 unspecified atom stereocenters. The number of hydrogen-bond donors (Lipinski definition) is 7. The number of hydrogen-bond acceptors (Lipinski definition) is 6. The molecule has 12 heteroatoms. The predicted molar refractivity (Wildman–Crippen MR) is 145 cm³/mol. The Morgan fingerprint density at radius 3 is 1.95 bits per heavy atom. The fraction of sp³-hybridized carbons (Fsp3) is 0.519. The number of aromatic amines is 1. The largest absolute Gasteiger partial charge is 0.481 e. The molecular weight excluding hydrogens is 506 g/mol. The molecule has 1 aromatic heterocycles. The van der Waals surface area contributed by atoms with Gasteiger partial charge in [0.2, 0.25) is 17.7 Å². The number of aliphatic carboxylic acids is 2. The van der Waals surface area contributed by atoms with Crippen molar-refractivity contribution in [3.05, 3.63) is 36.0 Å². The Morgan fingerprint density at radius 2 is 1.36 bits per heavy atom. The van der Waals surface area contributed by atoms with E-state index in [1.54, 1.807) is 6.20 Å². The molecule has 0 saturated heterocycles. The van der Waals surface area contributed by atoms with E-state index in [0.717, 1.165) is 10.9 Å². The van der Waals surface area contributed by atoms with Crippen molar-refractivity contribution in [1.82, 2.24) is 20.9 Å². The standard InChI is InChI=1S/C27H39N5O7/c1-14(2)9-20(25(36)32-22(27(38)39)10-15(3)4)31-26(37)21(30-24(35)18(28)12-23(33)34)11-16-13-29-19-8-6-5-7-17(16)19/h5-8,13-15,18,20-22,29H,9-12,28H2,1-4H3,(H,30,35)(H,31,37)(H,32,36)(H,33,34)(H,38,39). The third-order valence-corrected chi connectivity index (χ3v) is 6.13. The number of carbonyl (C=O) groups excluding carboxylic acids is 3. The van der Waals surface area contributed by atoms with Crippen LogP contribution in [0.15, 0.2) is 30.5 Å². The lowest BCUT2D eigenvalue weighted by molar-refractivity contribution is -0.143. The molecule has 3 amide bonds. The van der Waals surface area contributed by atoms with Gasteiger partial charge in [-0.15, -0.1) is 0 Å². The number of aromatic nitrogens is 1. The Kier molecular flexibility index (Phi) is 11.5. The number of fused-ring (bicyclic) bond motifs is 1. The van der Waals surface area contributed by atoms with Crippen LogP contribution in [0.25, 0.3) is 10.9 Å². The number of nitrogens with one attached hydrogen (secondary N) is 4. The second-order valence-electron chi connectivity index (χ2n) is 10.5. The summed E-state index contributed by atoms with van der Waals surface area (Å²) in [5.41, 5.74) is 7.25. The third-order valence-electron chi connectivity index (χ3n) is 6.13. The normalized spacial score (nSPS) is 14.4. The molecule has 0 spiro atoms. The van der Waals surface area contributed by atoms with Crippen molar-refractivity contribution in [3.8, 4) is 0 Å². The van der Waals surface area contributed by atoms with E-state index in [1.165, 1.54) is 0 Å². The first-order valence-electron chi connectivity index (χ1n) is 12.9.